The standard InChI is InChI=1S/C28H26F3NO6/c1-15(2)14-36-21-12-6-18(13-16(21)3)25(33)23-24(22-11-5-17(4)37-22)32(27(35)26(23)34)19-7-9-20(10-8-19)38-28(29,30)31/h5-13,15,24,33H,14H2,1-4H3/b25-23-. The van der Waals surface area contributed by atoms with Gasteiger partial charge in [0.05, 0.1) is 12.2 Å². The number of ether oxygens (including phenoxy) is 2. The molecule has 1 aliphatic rings. The Labute approximate surface area is 217 Å². The smallest absolute Gasteiger partial charge is 0.507 e. The molecule has 0 radical (unpaired) electrons. The van der Waals surface area contributed by atoms with E-state index in [1.165, 1.54) is 12.1 Å². The van der Waals surface area contributed by atoms with Gasteiger partial charge in [0, 0.05) is 11.3 Å². The molecule has 1 aliphatic heterocycles. The summed E-state index contributed by atoms with van der Waals surface area (Å²) in [5, 5.41) is 11.3. The molecule has 1 atom stereocenters. The minimum atomic E-state index is -4.88. The number of carbonyl (C=O) groups excluding carboxylic acids is 2. The number of nitrogens with zero attached hydrogens (tertiary/aromatic N) is 1. The summed E-state index contributed by atoms with van der Waals surface area (Å²) < 4.78 is 53.2. The Kier molecular flexibility index (Phi) is 7.26. The lowest BCUT2D eigenvalue weighted by atomic mass is 9.98. The highest BCUT2D eigenvalue weighted by molar-refractivity contribution is 6.51. The van der Waals surface area contributed by atoms with Crippen molar-refractivity contribution in [2.75, 3.05) is 11.5 Å². The molecule has 2 heterocycles. The van der Waals surface area contributed by atoms with Crippen LogP contribution in [0.2, 0.25) is 0 Å². The fraction of sp³-hybridized carbons (Fsp3) is 0.286. The van der Waals surface area contributed by atoms with Crippen LogP contribution >= 0.6 is 0 Å². The fourth-order valence-corrected chi connectivity index (χ4v) is 4.15. The molecule has 10 heteroatoms. The van der Waals surface area contributed by atoms with E-state index >= 15 is 0 Å². The molecule has 4 rings (SSSR count). The Bertz CT molecular complexity index is 1390. The molecule has 0 saturated carbocycles. The number of aliphatic hydroxyl groups excluding tert-OH is 1. The third-order valence-electron chi connectivity index (χ3n) is 5.84. The molecule has 200 valence electrons. The first-order valence-electron chi connectivity index (χ1n) is 11.8. The van der Waals surface area contributed by atoms with Crippen LogP contribution in [0.15, 0.2) is 64.6 Å². The second-order valence-electron chi connectivity index (χ2n) is 9.34. The molecule has 3 aromatic rings. The molecular weight excluding hydrogens is 503 g/mol. The first-order chi connectivity index (χ1) is 17.9. The third kappa shape index (κ3) is 5.53. The van der Waals surface area contributed by atoms with Crippen molar-refractivity contribution in [1.82, 2.24) is 0 Å². The first kappa shape index (κ1) is 26.8. The van der Waals surface area contributed by atoms with E-state index in [0.29, 0.717) is 29.6 Å². The number of halogens is 3. The number of furan rings is 1. The van der Waals surface area contributed by atoms with Crippen LogP contribution in [0, 0.1) is 19.8 Å². The molecule has 0 spiro atoms. The van der Waals surface area contributed by atoms with Gasteiger partial charge in [-0.15, -0.1) is 13.2 Å². The van der Waals surface area contributed by atoms with Crippen molar-refractivity contribution in [3.63, 3.8) is 0 Å². The zero-order valence-electron chi connectivity index (χ0n) is 21.1. The lowest BCUT2D eigenvalue weighted by Gasteiger charge is -2.23. The molecule has 1 amide bonds. The topological polar surface area (TPSA) is 89.2 Å². The zero-order valence-corrected chi connectivity index (χ0v) is 21.1. The largest absolute Gasteiger partial charge is 0.573 e. The number of aliphatic hydroxyl groups is 1. The van der Waals surface area contributed by atoms with E-state index in [1.807, 2.05) is 13.8 Å². The average molecular weight is 530 g/mol. The molecule has 1 unspecified atom stereocenters. The van der Waals surface area contributed by atoms with Gasteiger partial charge in [0.25, 0.3) is 11.7 Å². The van der Waals surface area contributed by atoms with Crippen molar-refractivity contribution >= 4 is 23.1 Å². The number of hydrogen-bond donors (Lipinski definition) is 1. The summed E-state index contributed by atoms with van der Waals surface area (Å²) in [4.78, 5) is 27.5. The first-order valence-corrected chi connectivity index (χ1v) is 11.8. The van der Waals surface area contributed by atoms with Crippen LogP contribution in [-0.2, 0) is 9.59 Å². The van der Waals surface area contributed by atoms with E-state index in [2.05, 4.69) is 4.74 Å². The van der Waals surface area contributed by atoms with Crippen LogP contribution in [-0.4, -0.2) is 29.8 Å². The van der Waals surface area contributed by atoms with Gasteiger partial charge in [0.2, 0.25) is 0 Å². The number of aryl methyl sites for hydroxylation is 2. The molecule has 1 N–H and O–H groups in total. The van der Waals surface area contributed by atoms with Crippen molar-refractivity contribution in [2.45, 2.75) is 40.1 Å². The van der Waals surface area contributed by atoms with Crippen LogP contribution in [0.25, 0.3) is 5.76 Å². The van der Waals surface area contributed by atoms with E-state index in [9.17, 15) is 27.9 Å². The number of benzene rings is 2. The molecule has 1 aromatic heterocycles. The number of carbonyl (C=O) groups is 2. The van der Waals surface area contributed by atoms with Crippen molar-refractivity contribution in [3.05, 3.63) is 82.8 Å². The Morgan fingerprint density at radius 1 is 1.05 bits per heavy atom. The third-order valence-corrected chi connectivity index (χ3v) is 5.84. The molecule has 1 saturated heterocycles. The van der Waals surface area contributed by atoms with Gasteiger partial charge in [-0.05, 0) is 79.9 Å². The summed E-state index contributed by atoms with van der Waals surface area (Å²) in [6, 6.07) is 11.5. The Morgan fingerprint density at radius 2 is 1.74 bits per heavy atom. The van der Waals surface area contributed by atoms with Crippen LogP contribution in [0.5, 0.6) is 11.5 Å². The zero-order chi connectivity index (χ0) is 27.8. The van der Waals surface area contributed by atoms with Gasteiger partial charge >= 0.3 is 6.36 Å². The van der Waals surface area contributed by atoms with Gasteiger partial charge in [-0.25, -0.2) is 0 Å². The minimum Gasteiger partial charge on any atom is -0.507 e. The summed E-state index contributed by atoms with van der Waals surface area (Å²) >= 11 is 0. The molecule has 0 bridgehead atoms. The predicted molar refractivity (Wildman–Crippen MR) is 133 cm³/mol. The summed E-state index contributed by atoms with van der Waals surface area (Å²) in [6.45, 7) is 8.01. The Morgan fingerprint density at radius 3 is 2.29 bits per heavy atom. The molecule has 0 aliphatic carbocycles. The van der Waals surface area contributed by atoms with Gasteiger partial charge in [0.1, 0.15) is 34.8 Å². The number of hydrogen-bond acceptors (Lipinski definition) is 6. The summed E-state index contributed by atoms with van der Waals surface area (Å²) in [5.41, 5.74) is 0.915. The van der Waals surface area contributed by atoms with Crippen molar-refractivity contribution in [1.29, 1.82) is 0 Å². The van der Waals surface area contributed by atoms with E-state index in [0.717, 1.165) is 22.6 Å². The predicted octanol–water partition coefficient (Wildman–Crippen LogP) is 6.46. The van der Waals surface area contributed by atoms with Gasteiger partial charge in [-0.2, -0.15) is 0 Å². The maximum absolute atomic E-state index is 13.2. The van der Waals surface area contributed by atoms with Gasteiger partial charge in [-0.3, -0.25) is 14.5 Å². The van der Waals surface area contributed by atoms with Crippen molar-refractivity contribution in [2.24, 2.45) is 5.92 Å². The van der Waals surface area contributed by atoms with Gasteiger partial charge in [0.15, 0.2) is 0 Å². The number of anilines is 1. The monoisotopic (exact) mass is 529 g/mol. The second-order valence-corrected chi connectivity index (χ2v) is 9.34. The Balaban J connectivity index is 1.78. The normalized spacial score (nSPS) is 17.4. The quantitative estimate of drug-likeness (QED) is 0.215. The lowest BCUT2D eigenvalue weighted by Crippen LogP contribution is -2.29. The van der Waals surface area contributed by atoms with Gasteiger partial charge in [-0.1, -0.05) is 13.8 Å². The van der Waals surface area contributed by atoms with Crippen molar-refractivity contribution in [3.8, 4) is 11.5 Å². The minimum absolute atomic E-state index is 0.119. The second kappa shape index (κ2) is 10.3. The van der Waals surface area contributed by atoms with Gasteiger partial charge < -0.3 is 19.0 Å². The molecular formula is C28H26F3NO6. The lowest BCUT2D eigenvalue weighted by molar-refractivity contribution is -0.274. The highest BCUT2D eigenvalue weighted by atomic mass is 19.4. The molecule has 38 heavy (non-hydrogen) atoms. The number of ketones is 1. The number of Topliss-reactive ketones (excluding diaryl/α,β-unsaturated/α-hetero) is 1. The van der Waals surface area contributed by atoms with Crippen LogP contribution < -0.4 is 14.4 Å². The summed E-state index contributed by atoms with van der Waals surface area (Å²) in [5.74, 6) is -1.20. The summed E-state index contributed by atoms with van der Waals surface area (Å²) in [6.07, 6.45) is -4.88. The fourth-order valence-electron chi connectivity index (χ4n) is 4.15. The SMILES string of the molecule is Cc1ccc(C2/C(=C(/O)c3ccc(OCC(C)C)c(C)c3)C(=O)C(=O)N2c2ccc(OC(F)(F)F)cc2)o1. The summed E-state index contributed by atoms with van der Waals surface area (Å²) in [7, 11) is 0. The van der Waals surface area contributed by atoms with Crippen LogP contribution in [0.4, 0.5) is 18.9 Å². The van der Waals surface area contributed by atoms with Crippen LogP contribution in [0.3, 0.4) is 0 Å². The van der Waals surface area contributed by atoms with E-state index in [1.54, 1.807) is 44.2 Å². The Hall–Kier alpha value is -4.21. The molecule has 2 aromatic carbocycles. The molecule has 1 fully saturated rings. The van der Waals surface area contributed by atoms with Crippen molar-refractivity contribution < 1.29 is 41.8 Å². The van der Waals surface area contributed by atoms with E-state index < -0.39 is 35.6 Å². The average Bonchev–Trinajstić information content (AvgIpc) is 3.38. The number of rotatable bonds is 7. The highest BCUT2D eigenvalue weighted by Gasteiger charge is 2.48. The van der Waals surface area contributed by atoms with E-state index in [-0.39, 0.29) is 17.0 Å². The van der Waals surface area contributed by atoms with Crippen LogP contribution in [0.1, 0.15) is 42.5 Å². The highest BCUT2D eigenvalue weighted by Crippen LogP contribution is 2.43. The number of amides is 1. The number of alkyl halides is 3. The molecule has 7 nitrogen and oxygen atoms in total. The maximum Gasteiger partial charge on any atom is 0.573 e. The van der Waals surface area contributed by atoms with E-state index in [4.69, 9.17) is 9.15 Å². The maximum atomic E-state index is 13.2.